The molecule has 13 heavy (non-hydrogen) atoms. The molecule has 1 N–H and O–H groups in total. The van der Waals surface area contributed by atoms with E-state index in [4.69, 9.17) is 0 Å². The van der Waals surface area contributed by atoms with Crippen LogP contribution in [0.25, 0.3) is 0 Å². The predicted molar refractivity (Wildman–Crippen MR) is 55.8 cm³/mol. The second kappa shape index (κ2) is 3.97. The lowest BCUT2D eigenvalue weighted by molar-refractivity contribution is 0.267. The lowest BCUT2D eigenvalue weighted by atomic mass is 10.1. The Kier molecular flexibility index (Phi) is 2.89. The zero-order valence-electron chi connectivity index (χ0n) is 8.92. The van der Waals surface area contributed by atoms with E-state index in [0.29, 0.717) is 0 Å². The topological polar surface area (TPSA) is 15.3 Å². The summed E-state index contributed by atoms with van der Waals surface area (Å²) in [7, 11) is 2.28. The second-order valence-electron chi connectivity index (χ2n) is 4.67. The Morgan fingerprint density at radius 1 is 1.31 bits per heavy atom. The molecule has 1 unspecified atom stereocenters. The first-order valence-corrected chi connectivity index (χ1v) is 5.75. The summed E-state index contributed by atoms with van der Waals surface area (Å²) in [6.45, 7) is 4.61. The van der Waals surface area contributed by atoms with Crippen molar-refractivity contribution in [2.45, 2.75) is 44.7 Å². The molecular weight excluding hydrogens is 160 g/mol. The predicted octanol–water partition coefficient (Wildman–Crippen LogP) is 1.47. The summed E-state index contributed by atoms with van der Waals surface area (Å²) in [6, 6.07) is 1.69. The first-order chi connectivity index (χ1) is 6.31. The highest BCUT2D eigenvalue weighted by Crippen LogP contribution is 2.34. The van der Waals surface area contributed by atoms with Gasteiger partial charge < -0.3 is 10.2 Å². The van der Waals surface area contributed by atoms with Crippen molar-refractivity contribution < 1.29 is 0 Å². The maximum Gasteiger partial charge on any atom is 0.0223 e. The molecule has 0 radical (unpaired) electrons. The van der Waals surface area contributed by atoms with E-state index in [2.05, 4.69) is 24.2 Å². The van der Waals surface area contributed by atoms with Gasteiger partial charge in [-0.3, -0.25) is 0 Å². The van der Waals surface area contributed by atoms with Crippen molar-refractivity contribution in [3.8, 4) is 0 Å². The van der Waals surface area contributed by atoms with Crippen LogP contribution in [0.5, 0.6) is 0 Å². The van der Waals surface area contributed by atoms with Crippen molar-refractivity contribution in [2.75, 3.05) is 20.1 Å². The van der Waals surface area contributed by atoms with Crippen molar-refractivity contribution in [1.29, 1.82) is 0 Å². The zero-order valence-corrected chi connectivity index (χ0v) is 8.92. The Hall–Kier alpha value is -0.0800. The lowest BCUT2D eigenvalue weighted by Crippen LogP contribution is -2.41. The maximum absolute atomic E-state index is 3.62. The summed E-state index contributed by atoms with van der Waals surface area (Å²) in [5.74, 6) is 0.987. The molecule has 0 aromatic carbocycles. The average molecular weight is 182 g/mol. The van der Waals surface area contributed by atoms with Gasteiger partial charge in [0, 0.05) is 18.6 Å². The van der Waals surface area contributed by atoms with Gasteiger partial charge in [0.1, 0.15) is 0 Å². The molecule has 2 aliphatic rings. The average Bonchev–Trinajstić information content (AvgIpc) is 2.96. The van der Waals surface area contributed by atoms with E-state index >= 15 is 0 Å². The molecule has 0 saturated heterocycles. The minimum Gasteiger partial charge on any atom is -0.313 e. The molecule has 0 heterocycles. The lowest BCUT2D eigenvalue weighted by Gasteiger charge is -2.24. The van der Waals surface area contributed by atoms with Crippen molar-refractivity contribution in [3.63, 3.8) is 0 Å². The summed E-state index contributed by atoms with van der Waals surface area (Å²) < 4.78 is 0. The third-order valence-corrected chi connectivity index (χ3v) is 3.31. The van der Waals surface area contributed by atoms with Crippen molar-refractivity contribution in [2.24, 2.45) is 5.92 Å². The quantitative estimate of drug-likeness (QED) is 0.669. The highest BCUT2D eigenvalue weighted by molar-refractivity contribution is 4.91. The van der Waals surface area contributed by atoms with E-state index in [0.717, 1.165) is 24.5 Å². The third kappa shape index (κ3) is 2.68. The number of nitrogens with one attached hydrogen (secondary N) is 1. The molecule has 2 nitrogen and oxygen atoms in total. The summed E-state index contributed by atoms with van der Waals surface area (Å²) >= 11 is 0. The van der Waals surface area contributed by atoms with Gasteiger partial charge in [-0.2, -0.15) is 0 Å². The van der Waals surface area contributed by atoms with Crippen LogP contribution in [-0.4, -0.2) is 37.1 Å². The van der Waals surface area contributed by atoms with E-state index in [-0.39, 0.29) is 0 Å². The molecule has 0 aromatic heterocycles. The molecular formula is C11H22N2. The molecule has 2 saturated carbocycles. The standard InChI is InChI=1S/C11H22N2/c1-3-12-11(9-4-5-9)8-13(2)10-6-7-10/h9-12H,3-8H2,1-2H3. The van der Waals surface area contributed by atoms with Gasteiger partial charge >= 0.3 is 0 Å². The fourth-order valence-corrected chi connectivity index (χ4v) is 2.12. The molecule has 0 aliphatic heterocycles. The van der Waals surface area contributed by atoms with Crippen molar-refractivity contribution in [3.05, 3.63) is 0 Å². The Balaban J connectivity index is 1.73. The molecule has 2 fully saturated rings. The maximum atomic E-state index is 3.62. The van der Waals surface area contributed by atoms with Gasteiger partial charge in [-0.1, -0.05) is 6.92 Å². The second-order valence-corrected chi connectivity index (χ2v) is 4.67. The minimum atomic E-state index is 0.774. The van der Waals surface area contributed by atoms with Gasteiger partial charge in [-0.05, 0) is 45.2 Å². The van der Waals surface area contributed by atoms with Crippen LogP contribution in [0.2, 0.25) is 0 Å². The van der Waals surface area contributed by atoms with Crippen molar-refractivity contribution >= 4 is 0 Å². The molecule has 2 aliphatic carbocycles. The monoisotopic (exact) mass is 182 g/mol. The first-order valence-electron chi connectivity index (χ1n) is 5.75. The van der Waals surface area contributed by atoms with Crippen LogP contribution in [0.4, 0.5) is 0 Å². The van der Waals surface area contributed by atoms with Gasteiger partial charge in [-0.25, -0.2) is 0 Å². The highest BCUT2D eigenvalue weighted by atomic mass is 15.2. The highest BCUT2D eigenvalue weighted by Gasteiger charge is 2.34. The van der Waals surface area contributed by atoms with Gasteiger partial charge in [0.05, 0.1) is 0 Å². The van der Waals surface area contributed by atoms with E-state index in [1.807, 2.05) is 0 Å². The Bertz CT molecular complexity index is 161. The smallest absolute Gasteiger partial charge is 0.0223 e. The van der Waals surface area contributed by atoms with E-state index < -0.39 is 0 Å². The van der Waals surface area contributed by atoms with Crippen LogP contribution in [-0.2, 0) is 0 Å². The number of nitrogens with zero attached hydrogens (tertiary/aromatic N) is 1. The molecule has 0 amide bonds. The summed E-state index contributed by atoms with van der Waals surface area (Å²) in [5.41, 5.74) is 0. The summed E-state index contributed by atoms with van der Waals surface area (Å²) in [6.07, 6.45) is 5.77. The Morgan fingerprint density at radius 3 is 2.46 bits per heavy atom. The van der Waals surface area contributed by atoms with Gasteiger partial charge in [-0.15, -0.1) is 0 Å². The van der Waals surface area contributed by atoms with Crippen LogP contribution in [0.1, 0.15) is 32.6 Å². The number of hydrogen-bond acceptors (Lipinski definition) is 2. The van der Waals surface area contributed by atoms with Gasteiger partial charge in [0.2, 0.25) is 0 Å². The number of hydrogen-bond donors (Lipinski definition) is 1. The van der Waals surface area contributed by atoms with Crippen LogP contribution in [0, 0.1) is 5.92 Å². The minimum absolute atomic E-state index is 0.774. The molecule has 0 aromatic rings. The van der Waals surface area contributed by atoms with Crippen molar-refractivity contribution in [1.82, 2.24) is 10.2 Å². The van der Waals surface area contributed by atoms with Crippen LogP contribution >= 0.6 is 0 Å². The fraction of sp³-hybridized carbons (Fsp3) is 1.00. The van der Waals surface area contributed by atoms with E-state index in [9.17, 15) is 0 Å². The Labute approximate surface area is 81.7 Å². The normalized spacial score (nSPS) is 25.2. The van der Waals surface area contributed by atoms with Gasteiger partial charge in [0.15, 0.2) is 0 Å². The van der Waals surface area contributed by atoms with Crippen LogP contribution < -0.4 is 5.32 Å². The van der Waals surface area contributed by atoms with Gasteiger partial charge in [0.25, 0.3) is 0 Å². The molecule has 0 bridgehead atoms. The number of rotatable bonds is 6. The molecule has 76 valence electrons. The summed E-state index contributed by atoms with van der Waals surface area (Å²) in [4.78, 5) is 2.55. The molecule has 2 rings (SSSR count). The third-order valence-electron chi connectivity index (χ3n) is 3.31. The molecule has 2 heteroatoms. The largest absolute Gasteiger partial charge is 0.313 e. The SMILES string of the molecule is CCNC(CN(C)C1CC1)C1CC1. The fourth-order valence-electron chi connectivity index (χ4n) is 2.12. The molecule has 0 spiro atoms. The Morgan fingerprint density at radius 2 is 2.00 bits per heavy atom. The summed E-state index contributed by atoms with van der Waals surface area (Å²) in [5, 5.41) is 3.62. The zero-order chi connectivity index (χ0) is 9.26. The number of likely N-dealkylation sites (N-methyl/N-ethyl adjacent to an activating group) is 2. The first kappa shape index (κ1) is 9.47. The van der Waals surface area contributed by atoms with E-state index in [1.54, 1.807) is 0 Å². The van der Waals surface area contributed by atoms with E-state index in [1.165, 1.54) is 32.2 Å². The van der Waals surface area contributed by atoms with Crippen LogP contribution in [0.15, 0.2) is 0 Å². The molecule has 1 atom stereocenters. The van der Waals surface area contributed by atoms with Crippen LogP contribution in [0.3, 0.4) is 0 Å².